The highest BCUT2D eigenvalue weighted by Crippen LogP contribution is 2.50. The molecule has 210 valence electrons. The van der Waals surface area contributed by atoms with Gasteiger partial charge in [0.15, 0.2) is 11.5 Å². The van der Waals surface area contributed by atoms with Crippen molar-refractivity contribution in [2.75, 3.05) is 13.2 Å². The van der Waals surface area contributed by atoms with Gasteiger partial charge in [0, 0.05) is 17.5 Å². The second-order valence-corrected chi connectivity index (χ2v) is 10.1. The first-order valence-electron chi connectivity index (χ1n) is 14.4. The van der Waals surface area contributed by atoms with Gasteiger partial charge in [-0.3, -0.25) is 9.59 Å². The molecule has 37 heavy (non-hydrogen) atoms. The van der Waals surface area contributed by atoms with Crippen molar-refractivity contribution in [1.82, 2.24) is 0 Å². The van der Waals surface area contributed by atoms with Gasteiger partial charge in [0.1, 0.15) is 6.42 Å². The lowest BCUT2D eigenvalue weighted by Gasteiger charge is -2.40. The lowest BCUT2D eigenvalue weighted by Crippen LogP contribution is -2.45. The van der Waals surface area contributed by atoms with Crippen molar-refractivity contribution in [1.29, 1.82) is 0 Å². The zero-order valence-electron chi connectivity index (χ0n) is 23.8. The summed E-state index contributed by atoms with van der Waals surface area (Å²) in [5.41, 5.74) is 1.27. The molecule has 7 heteroatoms. The summed E-state index contributed by atoms with van der Waals surface area (Å²) in [6, 6.07) is 1.70. The van der Waals surface area contributed by atoms with Crippen LogP contribution < -0.4 is 9.47 Å². The maximum atomic E-state index is 12.7. The average molecular weight is 521 g/mol. The number of ether oxygens (including phenoxy) is 4. The van der Waals surface area contributed by atoms with Crippen molar-refractivity contribution in [3.05, 3.63) is 17.2 Å². The Bertz CT molecular complexity index is 863. The highest BCUT2D eigenvalue weighted by atomic mass is 16.7. The lowest BCUT2D eigenvalue weighted by atomic mass is 9.82. The van der Waals surface area contributed by atoms with E-state index in [4.69, 9.17) is 18.9 Å². The van der Waals surface area contributed by atoms with Crippen LogP contribution in [0, 0.1) is 11.8 Å². The molecular weight excluding hydrogens is 472 g/mol. The Hall–Kier alpha value is -2.44. The summed E-state index contributed by atoms with van der Waals surface area (Å²) >= 11 is 0. The van der Waals surface area contributed by atoms with Gasteiger partial charge in [-0.05, 0) is 38.2 Å². The first-order chi connectivity index (χ1) is 17.8. The average Bonchev–Trinajstić information content (AvgIpc) is 2.87. The minimum atomic E-state index is -1.59. The number of hydrogen-bond donors (Lipinski definition) is 1. The molecule has 1 aromatic carbocycles. The molecule has 1 aliphatic rings. The van der Waals surface area contributed by atoms with Crippen molar-refractivity contribution >= 4 is 11.9 Å². The van der Waals surface area contributed by atoms with E-state index in [1.54, 1.807) is 6.07 Å². The number of hydrogen-bond acceptors (Lipinski definition) is 7. The monoisotopic (exact) mass is 520 g/mol. The summed E-state index contributed by atoms with van der Waals surface area (Å²) in [6.45, 7) is 12.9. The van der Waals surface area contributed by atoms with E-state index in [1.165, 1.54) is 0 Å². The molecule has 1 N–H and O–H groups in total. The van der Waals surface area contributed by atoms with E-state index in [1.807, 2.05) is 13.8 Å². The summed E-state index contributed by atoms with van der Waals surface area (Å²) in [5.74, 6) is -1.83. The topological polar surface area (TPSA) is 91.3 Å². The van der Waals surface area contributed by atoms with E-state index in [2.05, 4.69) is 27.7 Å². The Kier molecular flexibility index (Phi) is 12.6. The van der Waals surface area contributed by atoms with Gasteiger partial charge in [0.2, 0.25) is 5.75 Å². The van der Waals surface area contributed by atoms with Crippen molar-refractivity contribution in [2.45, 2.75) is 118 Å². The molecule has 0 amide bonds. The summed E-state index contributed by atoms with van der Waals surface area (Å²) in [5, 5.41) is 11.2. The molecule has 0 aromatic heterocycles. The molecule has 2 atom stereocenters. The second-order valence-electron chi connectivity index (χ2n) is 10.1. The van der Waals surface area contributed by atoms with Crippen LogP contribution in [-0.4, -0.2) is 30.3 Å². The van der Waals surface area contributed by atoms with Gasteiger partial charge in [0.25, 0.3) is 5.79 Å². The van der Waals surface area contributed by atoms with Crippen LogP contribution in [0.3, 0.4) is 0 Å². The highest BCUT2D eigenvalue weighted by molar-refractivity contribution is 5.93. The third kappa shape index (κ3) is 8.02. The standard InChI is InChI=1S/C30H48O7/c1-7-13-15-21(9-3)17-23-24(18-25(34-11-5)28(33)29(23)35-12-6)30(20-22(10-4)16-14-8-2)36-26(31)19-27(32)37-30/h18,21-22,33H,7-17,19-20H2,1-6H3. The maximum absolute atomic E-state index is 12.7. The van der Waals surface area contributed by atoms with Gasteiger partial charge in [-0.25, -0.2) is 0 Å². The number of unbranched alkanes of at least 4 members (excludes halogenated alkanes) is 2. The Morgan fingerprint density at radius 1 is 0.892 bits per heavy atom. The van der Waals surface area contributed by atoms with Crippen LogP contribution in [0.4, 0.5) is 0 Å². The predicted octanol–water partition coefficient (Wildman–Crippen LogP) is 7.20. The Balaban J connectivity index is 2.80. The zero-order chi connectivity index (χ0) is 27.4. The SMILES string of the molecule is CCCCC(CC)Cc1c(C2(CC(CC)CCCC)OC(=O)CC(=O)O2)cc(OCC)c(O)c1OCC. The van der Waals surface area contributed by atoms with E-state index >= 15 is 0 Å². The fourth-order valence-electron chi connectivity index (χ4n) is 5.21. The number of aromatic hydroxyl groups is 1. The van der Waals surface area contributed by atoms with E-state index in [9.17, 15) is 14.7 Å². The van der Waals surface area contributed by atoms with Crippen LogP contribution in [-0.2, 0) is 31.3 Å². The van der Waals surface area contributed by atoms with E-state index in [0.717, 1.165) is 56.9 Å². The number of phenolic OH excluding ortho intramolecular Hbond substituents is 1. The number of phenols is 1. The third-order valence-electron chi connectivity index (χ3n) is 7.30. The van der Waals surface area contributed by atoms with Gasteiger partial charge in [-0.2, -0.15) is 0 Å². The number of cyclic esters (lactones) is 2. The third-order valence-corrected chi connectivity index (χ3v) is 7.30. The molecule has 2 rings (SSSR count). The Morgan fingerprint density at radius 3 is 1.97 bits per heavy atom. The maximum Gasteiger partial charge on any atom is 0.320 e. The van der Waals surface area contributed by atoms with Crippen molar-refractivity contribution in [2.24, 2.45) is 11.8 Å². The summed E-state index contributed by atoms with van der Waals surface area (Å²) in [6.07, 6.45) is 8.55. The largest absolute Gasteiger partial charge is 0.502 e. The molecule has 1 saturated heterocycles. The Labute approximate surface area is 223 Å². The van der Waals surface area contributed by atoms with E-state index in [-0.39, 0.29) is 17.4 Å². The minimum Gasteiger partial charge on any atom is -0.502 e. The van der Waals surface area contributed by atoms with Gasteiger partial charge >= 0.3 is 11.9 Å². The van der Waals surface area contributed by atoms with Gasteiger partial charge < -0.3 is 24.1 Å². The summed E-state index contributed by atoms with van der Waals surface area (Å²) < 4.78 is 23.8. The van der Waals surface area contributed by atoms with Crippen LogP contribution in [0.15, 0.2) is 6.07 Å². The van der Waals surface area contributed by atoms with Crippen molar-refractivity contribution in [3.63, 3.8) is 0 Å². The number of esters is 2. The normalized spacial score (nSPS) is 16.6. The number of carbonyl (C=O) groups is 2. The fraction of sp³-hybridized carbons (Fsp3) is 0.733. The Morgan fingerprint density at radius 2 is 1.46 bits per heavy atom. The van der Waals surface area contributed by atoms with Gasteiger partial charge in [0.05, 0.1) is 13.2 Å². The molecule has 1 aliphatic heterocycles. The lowest BCUT2D eigenvalue weighted by molar-refractivity contribution is -0.256. The molecule has 2 unspecified atom stereocenters. The van der Waals surface area contributed by atoms with Crippen LogP contribution in [0.25, 0.3) is 0 Å². The smallest absolute Gasteiger partial charge is 0.320 e. The second kappa shape index (κ2) is 15.1. The zero-order valence-corrected chi connectivity index (χ0v) is 23.8. The molecule has 0 spiro atoms. The van der Waals surface area contributed by atoms with Crippen LogP contribution >= 0.6 is 0 Å². The first kappa shape index (κ1) is 30.8. The number of carbonyl (C=O) groups excluding carboxylic acids is 2. The van der Waals surface area contributed by atoms with E-state index < -0.39 is 24.1 Å². The van der Waals surface area contributed by atoms with E-state index in [0.29, 0.717) is 43.3 Å². The molecule has 1 aromatic rings. The van der Waals surface area contributed by atoms with Gasteiger partial charge in [-0.1, -0.05) is 79.1 Å². The molecule has 1 heterocycles. The highest BCUT2D eigenvalue weighted by Gasteiger charge is 2.49. The first-order valence-corrected chi connectivity index (χ1v) is 14.4. The molecular formula is C30H48O7. The minimum absolute atomic E-state index is 0.0746. The van der Waals surface area contributed by atoms with Crippen molar-refractivity contribution < 1.29 is 33.6 Å². The summed E-state index contributed by atoms with van der Waals surface area (Å²) in [4.78, 5) is 25.5. The van der Waals surface area contributed by atoms with Crippen LogP contribution in [0.1, 0.15) is 117 Å². The predicted molar refractivity (Wildman–Crippen MR) is 144 cm³/mol. The molecule has 1 fully saturated rings. The van der Waals surface area contributed by atoms with Crippen LogP contribution in [0.5, 0.6) is 17.2 Å². The van der Waals surface area contributed by atoms with Crippen molar-refractivity contribution in [3.8, 4) is 17.2 Å². The number of rotatable bonds is 17. The molecule has 0 aliphatic carbocycles. The molecule has 0 radical (unpaired) electrons. The van der Waals surface area contributed by atoms with Gasteiger partial charge in [-0.15, -0.1) is 0 Å². The summed E-state index contributed by atoms with van der Waals surface area (Å²) in [7, 11) is 0. The van der Waals surface area contributed by atoms with Crippen LogP contribution in [0.2, 0.25) is 0 Å². The number of benzene rings is 1. The quantitative estimate of drug-likeness (QED) is 0.172. The molecule has 0 saturated carbocycles. The molecule has 0 bridgehead atoms. The molecule has 7 nitrogen and oxygen atoms in total. The fourth-order valence-corrected chi connectivity index (χ4v) is 5.21.